The first-order valence-electron chi connectivity index (χ1n) is 8.53. The normalized spacial score (nSPS) is 11.6. The maximum absolute atomic E-state index is 5.51. The van der Waals surface area contributed by atoms with Crippen molar-refractivity contribution in [1.29, 1.82) is 0 Å². The molecule has 3 nitrogen and oxygen atoms in total. The third kappa shape index (κ3) is 6.20. The Morgan fingerprint density at radius 2 is 1.88 bits per heavy atom. The van der Waals surface area contributed by atoms with Gasteiger partial charge in [-0.3, -0.25) is 0 Å². The lowest BCUT2D eigenvalue weighted by molar-refractivity contribution is 0.340. The van der Waals surface area contributed by atoms with Crippen molar-refractivity contribution in [2.24, 2.45) is 5.92 Å². The minimum absolute atomic E-state index is 0.557. The molecule has 0 aromatic heterocycles. The molecule has 1 unspecified atom stereocenters. The van der Waals surface area contributed by atoms with Crippen molar-refractivity contribution in [3.05, 3.63) is 60.2 Å². The summed E-state index contributed by atoms with van der Waals surface area (Å²) in [6, 6.07) is 18.4. The van der Waals surface area contributed by atoms with Crippen molar-refractivity contribution in [3.8, 4) is 5.75 Å². The summed E-state index contributed by atoms with van der Waals surface area (Å²) >= 11 is 5.41. The Hall–Kier alpha value is -2.07. The Bertz CT molecular complexity index is 631. The average molecular weight is 343 g/mol. The van der Waals surface area contributed by atoms with Crippen molar-refractivity contribution in [2.45, 2.75) is 26.7 Å². The molecule has 1 atom stereocenters. The highest BCUT2D eigenvalue weighted by Crippen LogP contribution is 2.17. The monoisotopic (exact) mass is 342 g/mol. The Labute approximate surface area is 150 Å². The molecule has 0 saturated heterocycles. The Balaban J connectivity index is 1.82. The summed E-state index contributed by atoms with van der Waals surface area (Å²) in [5.74, 6) is 1.41. The fourth-order valence-electron chi connectivity index (χ4n) is 2.55. The first-order chi connectivity index (χ1) is 11.7. The van der Waals surface area contributed by atoms with Crippen molar-refractivity contribution < 1.29 is 4.74 Å². The minimum Gasteiger partial charge on any atom is -0.494 e. The molecular weight excluding hydrogens is 316 g/mol. The van der Waals surface area contributed by atoms with Gasteiger partial charge in [0.05, 0.1) is 6.61 Å². The summed E-state index contributed by atoms with van der Waals surface area (Å²) in [4.78, 5) is 0. The topological polar surface area (TPSA) is 33.3 Å². The number of hydrogen-bond donors (Lipinski definition) is 2. The summed E-state index contributed by atoms with van der Waals surface area (Å²) in [5, 5.41) is 7.21. The van der Waals surface area contributed by atoms with Crippen LogP contribution in [0.1, 0.15) is 25.8 Å². The number of hydrogen-bond acceptors (Lipinski definition) is 2. The molecule has 0 aliphatic carbocycles. The van der Waals surface area contributed by atoms with Crippen LogP contribution in [0.25, 0.3) is 0 Å². The maximum Gasteiger partial charge on any atom is 0.170 e. The highest BCUT2D eigenvalue weighted by atomic mass is 32.1. The lowest BCUT2D eigenvalue weighted by Gasteiger charge is -2.18. The molecular formula is C20H26N2OS. The molecule has 24 heavy (non-hydrogen) atoms. The zero-order valence-electron chi connectivity index (χ0n) is 14.4. The Morgan fingerprint density at radius 3 is 2.58 bits per heavy atom. The molecule has 0 spiro atoms. The van der Waals surface area contributed by atoms with Gasteiger partial charge in [0.25, 0.3) is 0 Å². The highest BCUT2D eigenvalue weighted by Gasteiger charge is 2.08. The van der Waals surface area contributed by atoms with Gasteiger partial charge in [0.1, 0.15) is 5.75 Å². The lowest BCUT2D eigenvalue weighted by atomic mass is 9.97. The van der Waals surface area contributed by atoms with E-state index < -0.39 is 0 Å². The van der Waals surface area contributed by atoms with Gasteiger partial charge in [-0.1, -0.05) is 49.7 Å². The van der Waals surface area contributed by atoms with Crippen molar-refractivity contribution >= 4 is 23.0 Å². The predicted octanol–water partition coefficient (Wildman–Crippen LogP) is 4.64. The molecule has 0 fully saturated rings. The summed E-state index contributed by atoms with van der Waals surface area (Å²) in [5.41, 5.74) is 2.31. The van der Waals surface area contributed by atoms with E-state index in [0.29, 0.717) is 17.6 Å². The maximum atomic E-state index is 5.51. The van der Waals surface area contributed by atoms with Crippen LogP contribution in [0.5, 0.6) is 5.75 Å². The van der Waals surface area contributed by atoms with Gasteiger partial charge in [-0.25, -0.2) is 0 Å². The molecule has 128 valence electrons. The van der Waals surface area contributed by atoms with Crippen LogP contribution in [0.2, 0.25) is 0 Å². The third-order valence-electron chi connectivity index (χ3n) is 3.90. The molecule has 2 aromatic carbocycles. The average Bonchev–Trinajstić information content (AvgIpc) is 2.60. The first kappa shape index (κ1) is 18.3. The van der Waals surface area contributed by atoms with Gasteiger partial charge in [-0.15, -0.1) is 0 Å². The second-order valence-electron chi connectivity index (χ2n) is 5.76. The standard InChI is InChI=1S/C20H26N2OS/c1-3-16(13-17-9-6-5-7-10-17)15-21-20(24)22-18-11-8-12-19(14-18)23-4-2/h5-12,14,16H,3-4,13,15H2,1-2H3,(H2,21,22,24). The van der Waals surface area contributed by atoms with Gasteiger partial charge in [0, 0.05) is 18.3 Å². The summed E-state index contributed by atoms with van der Waals surface area (Å²) in [6.07, 6.45) is 2.18. The van der Waals surface area contributed by atoms with Crippen LogP contribution in [0.15, 0.2) is 54.6 Å². The predicted molar refractivity (Wildman–Crippen MR) is 106 cm³/mol. The van der Waals surface area contributed by atoms with Gasteiger partial charge < -0.3 is 15.4 Å². The molecule has 0 heterocycles. The second-order valence-corrected chi connectivity index (χ2v) is 6.17. The van der Waals surface area contributed by atoms with E-state index in [0.717, 1.165) is 30.8 Å². The molecule has 2 rings (SSSR count). The lowest BCUT2D eigenvalue weighted by Crippen LogP contribution is -2.33. The molecule has 0 amide bonds. The summed E-state index contributed by atoms with van der Waals surface area (Å²) in [7, 11) is 0. The number of anilines is 1. The van der Waals surface area contributed by atoms with Gasteiger partial charge in [0.2, 0.25) is 0 Å². The molecule has 0 saturated carbocycles. The Morgan fingerprint density at radius 1 is 1.08 bits per heavy atom. The second kappa shape index (κ2) is 9.93. The minimum atomic E-state index is 0.557. The van der Waals surface area contributed by atoms with Crippen molar-refractivity contribution in [2.75, 3.05) is 18.5 Å². The van der Waals surface area contributed by atoms with Crippen LogP contribution in [0.3, 0.4) is 0 Å². The molecule has 0 aliphatic heterocycles. The van der Waals surface area contributed by atoms with Gasteiger partial charge >= 0.3 is 0 Å². The molecule has 2 aromatic rings. The van der Waals surface area contributed by atoms with Crippen LogP contribution in [0, 0.1) is 5.92 Å². The van der Waals surface area contributed by atoms with Crippen LogP contribution < -0.4 is 15.4 Å². The van der Waals surface area contributed by atoms with Gasteiger partial charge in [-0.05, 0) is 49.2 Å². The van der Waals surface area contributed by atoms with E-state index in [4.69, 9.17) is 17.0 Å². The first-order valence-corrected chi connectivity index (χ1v) is 8.93. The van der Waals surface area contributed by atoms with Crippen molar-refractivity contribution in [3.63, 3.8) is 0 Å². The number of ether oxygens (including phenoxy) is 1. The molecule has 4 heteroatoms. The molecule has 0 bridgehead atoms. The van der Waals surface area contributed by atoms with Crippen molar-refractivity contribution in [1.82, 2.24) is 5.32 Å². The zero-order chi connectivity index (χ0) is 17.2. The number of rotatable bonds is 8. The fraction of sp³-hybridized carbons (Fsp3) is 0.350. The van der Waals surface area contributed by atoms with Crippen LogP contribution in [-0.4, -0.2) is 18.3 Å². The quantitative estimate of drug-likeness (QED) is 0.685. The summed E-state index contributed by atoms with van der Waals surface area (Å²) < 4.78 is 5.51. The Kier molecular flexibility index (Phi) is 7.56. The number of benzene rings is 2. The number of thiocarbonyl (C=S) groups is 1. The third-order valence-corrected chi connectivity index (χ3v) is 4.15. The number of nitrogens with one attached hydrogen (secondary N) is 2. The molecule has 2 N–H and O–H groups in total. The van der Waals surface area contributed by atoms with E-state index in [9.17, 15) is 0 Å². The van der Waals surface area contributed by atoms with E-state index >= 15 is 0 Å². The van der Waals surface area contributed by atoms with E-state index in [1.165, 1.54) is 5.56 Å². The largest absolute Gasteiger partial charge is 0.494 e. The van der Waals surface area contributed by atoms with Gasteiger partial charge in [0.15, 0.2) is 5.11 Å². The zero-order valence-corrected chi connectivity index (χ0v) is 15.2. The van der Waals surface area contributed by atoms with E-state index in [1.807, 2.05) is 31.2 Å². The van der Waals surface area contributed by atoms with Crippen LogP contribution in [-0.2, 0) is 6.42 Å². The summed E-state index contributed by atoms with van der Waals surface area (Å²) in [6.45, 7) is 5.72. The van der Waals surface area contributed by atoms with Crippen LogP contribution in [0.4, 0.5) is 5.69 Å². The SMILES string of the molecule is CCOc1cccc(NC(=S)NCC(CC)Cc2ccccc2)c1. The highest BCUT2D eigenvalue weighted by molar-refractivity contribution is 7.80. The molecule has 0 radical (unpaired) electrons. The van der Waals surface area contributed by atoms with E-state index in [-0.39, 0.29) is 0 Å². The van der Waals surface area contributed by atoms with Crippen LogP contribution >= 0.6 is 12.2 Å². The smallest absolute Gasteiger partial charge is 0.170 e. The van der Waals surface area contributed by atoms with E-state index in [1.54, 1.807) is 0 Å². The van der Waals surface area contributed by atoms with Gasteiger partial charge in [-0.2, -0.15) is 0 Å². The fourth-order valence-corrected chi connectivity index (χ4v) is 2.75. The molecule has 0 aliphatic rings. The van der Waals surface area contributed by atoms with E-state index in [2.05, 4.69) is 47.9 Å².